The van der Waals surface area contributed by atoms with E-state index in [0.29, 0.717) is 10.8 Å². The topological polar surface area (TPSA) is 3.24 Å². The second-order valence-corrected chi connectivity index (χ2v) is 6.91. The molecule has 0 aromatic rings. The zero-order valence-corrected chi connectivity index (χ0v) is 18.0. The van der Waals surface area contributed by atoms with Gasteiger partial charge in [0.25, 0.3) is 0 Å². The maximum Gasteiger partial charge on any atom is 0.00298 e. The molecular formula is C20H49N. The van der Waals surface area contributed by atoms with Crippen LogP contribution in [0, 0.1) is 10.8 Å². The van der Waals surface area contributed by atoms with Gasteiger partial charge in [0.15, 0.2) is 0 Å². The van der Waals surface area contributed by atoms with Crippen LogP contribution >= 0.6 is 0 Å². The van der Waals surface area contributed by atoms with Crippen molar-refractivity contribution in [2.24, 2.45) is 10.8 Å². The van der Waals surface area contributed by atoms with Crippen molar-refractivity contribution in [2.75, 3.05) is 20.1 Å². The van der Waals surface area contributed by atoms with E-state index < -0.39 is 0 Å². The van der Waals surface area contributed by atoms with E-state index in [-0.39, 0.29) is 0 Å². The zero-order chi connectivity index (χ0) is 18.1. The third-order valence-electron chi connectivity index (χ3n) is 3.31. The van der Waals surface area contributed by atoms with Gasteiger partial charge < -0.3 is 4.90 Å². The van der Waals surface area contributed by atoms with E-state index in [9.17, 15) is 0 Å². The van der Waals surface area contributed by atoms with E-state index in [1.807, 2.05) is 27.7 Å². The minimum Gasteiger partial charge on any atom is -0.305 e. The van der Waals surface area contributed by atoms with Crippen molar-refractivity contribution in [2.45, 2.75) is 102 Å². The zero-order valence-electron chi connectivity index (χ0n) is 18.0. The third-order valence-corrected chi connectivity index (χ3v) is 3.31. The Bertz CT molecular complexity index is 153. The predicted octanol–water partition coefficient (Wildman–Crippen LogP) is 7.26. The second-order valence-electron chi connectivity index (χ2n) is 6.91. The number of rotatable bonds is 6. The monoisotopic (exact) mass is 303 g/mol. The van der Waals surface area contributed by atoms with Gasteiger partial charge in [-0.25, -0.2) is 0 Å². The van der Waals surface area contributed by atoms with Gasteiger partial charge in [0.2, 0.25) is 0 Å². The van der Waals surface area contributed by atoms with Gasteiger partial charge in [-0.3, -0.25) is 0 Å². The fourth-order valence-corrected chi connectivity index (χ4v) is 1.74. The number of hydrogen-bond acceptors (Lipinski definition) is 1. The average molecular weight is 304 g/mol. The fourth-order valence-electron chi connectivity index (χ4n) is 1.74. The van der Waals surface area contributed by atoms with Crippen molar-refractivity contribution in [3.8, 4) is 0 Å². The normalized spacial score (nSPS) is 10.6. The first-order valence-corrected chi connectivity index (χ1v) is 9.32. The van der Waals surface area contributed by atoms with Gasteiger partial charge in [-0.2, -0.15) is 0 Å². The molecule has 0 heterocycles. The fraction of sp³-hybridized carbons (Fsp3) is 1.00. The van der Waals surface area contributed by atoms with Crippen LogP contribution in [0.4, 0.5) is 0 Å². The molecular weight excluding hydrogens is 254 g/mol. The van der Waals surface area contributed by atoms with E-state index in [4.69, 9.17) is 0 Å². The van der Waals surface area contributed by atoms with Crippen LogP contribution in [0.3, 0.4) is 0 Å². The summed E-state index contributed by atoms with van der Waals surface area (Å²) in [4.78, 5) is 2.48. The van der Waals surface area contributed by atoms with Crippen LogP contribution in [-0.2, 0) is 0 Å². The van der Waals surface area contributed by atoms with E-state index in [1.165, 1.54) is 32.4 Å². The lowest BCUT2D eigenvalue weighted by Gasteiger charge is -2.34. The summed E-state index contributed by atoms with van der Waals surface area (Å²) >= 11 is 0. The highest BCUT2D eigenvalue weighted by Crippen LogP contribution is 2.25. The third kappa shape index (κ3) is 25.3. The van der Waals surface area contributed by atoms with E-state index in [2.05, 4.69) is 67.3 Å². The van der Waals surface area contributed by atoms with Crippen molar-refractivity contribution >= 4 is 0 Å². The van der Waals surface area contributed by atoms with E-state index in [1.54, 1.807) is 0 Å². The molecule has 1 heteroatoms. The molecule has 0 saturated heterocycles. The molecule has 0 aromatic heterocycles. The van der Waals surface area contributed by atoms with Gasteiger partial charge >= 0.3 is 0 Å². The Morgan fingerprint density at radius 3 is 0.952 bits per heavy atom. The molecule has 0 bridgehead atoms. The van der Waals surface area contributed by atoms with Crippen LogP contribution < -0.4 is 0 Å². The summed E-state index contributed by atoms with van der Waals surface area (Å²) in [5, 5.41) is 0. The molecule has 0 aromatic carbocycles. The smallest absolute Gasteiger partial charge is 0.00298 e. The highest BCUT2D eigenvalue weighted by molar-refractivity contribution is 4.75. The minimum atomic E-state index is 0.457. The van der Waals surface area contributed by atoms with Crippen molar-refractivity contribution < 1.29 is 0 Å². The van der Waals surface area contributed by atoms with Crippen LogP contribution in [-0.4, -0.2) is 25.0 Å². The van der Waals surface area contributed by atoms with Gasteiger partial charge in [0.05, 0.1) is 0 Å². The molecule has 0 aliphatic rings. The molecule has 0 radical (unpaired) electrons. The summed E-state index contributed by atoms with van der Waals surface area (Å²) in [5.41, 5.74) is 0.914. The first kappa shape index (κ1) is 29.0. The lowest BCUT2D eigenvalue weighted by molar-refractivity contribution is 0.146. The van der Waals surface area contributed by atoms with E-state index >= 15 is 0 Å². The van der Waals surface area contributed by atoms with E-state index in [0.717, 1.165) is 0 Å². The maximum atomic E-state index is 2.48. The molecule has 134 valence electrons. The second kappa shape index (κ2) is 18.0. The number of nitrogens with zero attached hydrogens (tertiary/aromatic N) is 1. The summed E-state index contributed by atoms with van der Waals surface area (Å²) in [6, 6.07) is 0. The minimum absolute atomic E-state index is 0.457. The van der Waals surface area contributed by atoms with Crippen molar-refractivity contribution in [3.05, 3.63) is 0 Å². The Kier molecular flexibility index (Phi) is 24.9. The van der Waals surface area contributed by atoms with Crippen molar-refractivity contribution in [1.82, 2.24) is 4.90 Å². The Morgan fingerprint density at radius 1 is 0.619 bits per heavy atom. The van der Waals surface area contributed by atoms with Crippen molar-refractivity contribution in [3.63, 3.8) is 0 Å². The summed E-state index contributed by atoms with van der Waals surface area (Å²) in [5.74, 6) is 0. The number of hydrogen-bond donors (Lipinski definition) is 0. The van der Waals surface area contributed by atoms with Gasteiger partial charge in [-0.15, -0.1) is 0 Å². The summed E-state index contributed by atoms with van der Waals surface area (Å²) < 4.78 is 0. The first-order chi connectivity index (χ1) is 9.64. The molecule has 0 N–H and O–H groups in total. The molecule has 0 spiro atoms. The summed E-state index contributed by atoms with van der Waals surface area (Å²) in [6.45, 7) is 28.6. The molecule has 0 rings (SSSR count). The van der Waals surface area contributed by atoms with Crippen LogP contribution in [0.15, 0.2) is 0 Å². The lowest BCUT2D eigenvalue weighted by atomic mass is 9.86. The van der Waals surface area contributed by atoms with Crippen LogP contribution in [0.25, 0.3) is 0 Å². The average Bonchev–Trinajstić information content (AvgIpc) is 2.43. The Morgan fingerprint density at radius 2 is 0.810 bits per heavy atom. The SMILES string of the molecule is CC.CC.CCC.CCC(C)(C)CN(C)CC(C)(C)CC. The van der Waals surface area contributed by atoms with Gasteiger partial charge in [0.1, 0.15) is 0 Å². The largest absolute Gasteiger partial charge is 0.305 e. The standard InChI is InChI=1S/C13H29N.C3H8.2C2H6/c1-8-12(3,4)10-14(7)11-13(5,6)9-2;1-3-2;2*1-2/h8-11H2,1-7H3;3H2,1-2H3;2*1-2H3. The predicted molar refractivity (Wildman–Crippen MR) is 104 cm³/mol. The highest BCUT2D eigenvalue weighted by atomic mass is 15.1. The molecule has 0 aliphatic carbocycles. The molecule has 0 saturated carbocycles. The highest BCUT2D eigenvalue weighted by Gasteiger charge is 2.22. The molecule has 0 aliphatic heterocycles. The molecule has 0 fully saturated rings. The molecule has 0 amide bonds. The molecule has 0 unspecified atom stereocenters. The van der Waals surface area contributed by atoms with Crippen LogP contribution in [0.2, 0.25) is 0 Å². The summed E-state index contributed by atoms with van der Waals surface area (Å²) in [7, 11) is 2.24. The lowest BCUT2D eigenvalue weighted by Crippen LogP contribution is -2.37. The van der Waals surface area contributed by atoms with Gasteiger partial charge in [-0.05, 0) is 30.7 Å². The Hall–Kier alpha value is -0.0400. The van der Waals surface area contributed by atoms with Crippen LogP contribution in [0.1, 0.15) is 102 Å². The quantitative estimate of drug-likeness (QED) is 0.499. The molecule has 0 atom stereocenters. The summed E-state index contributed by atoms with van der Waals surface area (Å²) in [6.07, 6.45) is 3.76. The molecule has 21 heavy (non-hydrogen) atoms. The maximum absolute atomic E-state index is 2.48. The Labute approximate surface area is 138 Å². The van der Waals surface area contributed by atoms with Crippen LogP contribution in [0.5, 0.6) is 0 Å². The Balaban J connectivity index is -0.000000176. The van der Waals surface area contributed by atoms with Crippen molar-refractivity contribution in [1.29, 1.82) is 0 Å². The first-order valence-electron chi connectivity index (χ1n) is 9.32. The van der Waals surface area contributed by atoms with Gasteiger partial charge in [0, 0.05) is 13.1 Å². The van der Waals surface area contributed by atoms with Gasteiger partial charge in [-0.1, -0.05) is 89.5 Å². The molecule has 1 nitrogen and oxygen atoms in total.